The molecule has 3 N–H and O–H groups in total. The van der Waals surface area contributed by atoms with Gasteiger partial charge in [0.1, 0.15) is 10.6 Å². The van der Waals surface area contributed by atoms with Crippen LogP contribution in [0, 0.1) is 17.8 Å². The molecule has 2 saturated carbocycles. The van der Waals surface area contributed by atoms with Gasteiger partial charge < -0.3 is 10.1 Å². The lowest BCUT2D eigenvalue weighted by Crippen LogP contribution is -2.43. The normalized spacial score (nSPS) is 33.0. The highest BCUT2D eigenvalue weighted by Crippen LogP contribution is 2.56. The third-order valence-electron chi connectivity index (χ3n) is 5.96. The molecule has 3 heterocycles. The van der Waals surface area contributed by atoms with Crippen LogP contribution in [0.5, 0.6) is 0 Å². The minimum atomic E-state index is -3.76. The van der Waals surface area contributed by atoms with Crippen LogP contribution in [0.4, 0.5) is 5.13 Å². The fourth-order valence-electron chi connectivity index (χ4n) is 4.88. The zero-order valence-electron chi connectivity index (χ0n) is 13.7. The smallest absolute Gasteiger partial charge is 0.273 e. The van der Waals surface area contributed by atoms with Crippen molar-refractivity contribution in [3.63, 3.8) is 0 Å². The second-order valence-corrected chi connectivity index (χ2v) is 10.0. The predicted molar refractivity (Wildman–Crippen MR) is 94.3 cm³/mol. The molecule has 0 spiro atoms. The molecule has 2 bridgehead atoms. The molecule has 10 heteroatoms. The second kappa shape index (κ2) is 5.62. The molecule has 1 aliphatic heterocycles. The molecular formula is C16H18N4O4S2. The summed E-state index contributed by atoms with van der Waals surface area (Å²) in [6.07, 6.45) is 4.15. The zero-order valence-corrected chi connectivity index (χ0v) is 15.3. The van der Waals surface area contributed by atoms with E-state index in [1.807, 2.05) is 0 Å². The van der Waals surface area contributed by atoms with E-state index in [1.165, 1.54) is 27.9 Å². The van der Waals surface area contributed by atoms with E-state index >= 15 is 0 Å². The number of amides is 1. The van der Waals surface area contributed by atoms with Crippen LogP contribution in [-0.2, 0) is 10.0 Å². The summed E-state index contributed by atoms with van der Waals surface area (Å²) in [5.41, 5.74) is 0.158. The first-order valence-corrected chi connectivity index (χ1v) is 10.9. The van der Waals surface area contributed by atoms with Crippen molar-refractivity contribution in [2.75, 3.05) is 11.9 Å². The number of nitrogens with zero attached hydrogens (tertiary/aromatic N) is 2. The maximum absolute atomic E-state index is 13.1. The summed E-state index contributed by atoms with van der Waals surface area (Å²) in [6, 6.07) is 1.02. The number of aromatic amines is 1. The Morgan fingerprint density at radius 3 is 2.96 bits per heavy atom. The zero-order chi connectivity index (χ0) is 18.1. The van der Waals surface area contributed by atoms with Gasteiger partial charge in [-0.2, -0.15) is 4.31 Å². The Hall–Kier alpha value is -1.75. The van der Waals surface area contributed by atoms with Gasteiger partial charge in [0.25, 0.3) is 5.91 Å². The molecule has 1 saturated heterocycles. The first-order valence-electron chi connectivity index (χ1n) is 8.54. The van der Waals surface area contributed by atoms with Crippen molar-refractivity contribution >= 4 is 32.4 Å². The molecular weight excluding hydrogens is 376 g/mol. The van der Waals surface area contributed by atoms with Gasteiger partial charge in [-0.1, -0.05) is 0 Å². The predicted octanol–water partition coefficient (Wildman–Crippen LogP) is 1.11. The van der Waals surface area contributed by atoms with Crippen LogP contribution in [0.15, 0.2) is 28.7 Å². The number of nitrogens with one attached hydrogen (secondary N) is 2. The molecule has 2 aromatic heterocycles. The number of carbonyl (C=O) groups is 1. The summed E-state index contributed by atoms with van der Waals surface area (Å²) in [6.45, 7) is 0.455. The quantitative estimate of drug-likeness (QED) is 0.719. The Bertz CT molecular complexity index is 953. The first-order chi connectivity index (χ1) is 12.4. The SMILES string of the molecule is O=C(Nc1nccs1)c1cc(S(=O)(=O)N2C[C@@H]3C[C@H]4C[C@H]3[C@H]2[C@@H]4O)c[nH]1. The average Bonchev–Trinajstić information content (AvgIpc) is 3.36. The molecule has 5 atom stereocenters. The number of rotatable bonds is 4. The van der Waals surface area contributed by atoms with E-state index < -0.39 is 22.0 Å². The number of aliphatic hydroxyl groups excluding tert-OH is 1. The van der Waals surface area contributed by atoms with Crippen LogP contribution in [0.3, 0.4) is 0 Å². The van der Waals surface area contributed by atoms with Crippen LogP contribution in [0.1, 0.15) is 23.3 Å². The van der Waals surface area contributed by atoms with Crippen molar-refractivity contribution < 1.29 is 18.3 Å². The van der Waals surface area contributed by atoms with Gasteiger partial charge in [0.2, 0.25) is 10.0 Å². The molecule has 1 amide bonds. The van der Waals surface area contributed by atoms with E-state index in [0.29, 0.717) is 17.6 Å². The molecule has 3 fully saturated rings. The van der Waals surface area contributed by atoms with Gasteiger partial charge in [0.15, 0.2) is 5.13 Å². The number of carbonyl (C=O) groups excluding carboxylic acids is 1. The van der Waals surface area contributed by atoms with Gasteiger partial charge in [-0.3, -0.25) is 10.1 Å². The van der Waals surface area contributed by atoms with Gasteiger partial charge in [0.05, 0.1) is 12.1 Å². The van der Waals surface area contributed by atoms with Gasteiger partial charge in [-0.15, -0.1) is 11.3 Å². The van der Waals surface area contributed by atoms with Crippen LogP contribution in [0.25, 0.3) is 0 Å². The minimum absolute atomic E-state index is 0.0544. The number of hydrogen-bond acceptors (Lipinski definition) is 6. The maximum atomic E-state index is 13.1. The molecule has 0 radical (unpaired) electrons. The number of H-pyrrole nitrogens is 1. The molecule has 0 aromatic carbocycles. The number of aliphatic hydroxyl groups is 1. The minimum Gasteiger partial charge on any atom is -0.391 e. The highest BCUT2D eigenvalue weighted by Gasteiger charge is 2.61. The van der Waals surface area contributed by atoms with Crippen LogP contribution in [0.2, 0.25) is 0 Å². The van der Waals surface area contributed by atoms with E-state index in [-0.39, 0.29) is 28.5 Å². The summed E-state index contributed by atoms with van der Waals surface area (Å²) in [5, 5.41) is 15.2. The molecule has 2 aromatic rings. The number of hydrogen-bond donors (Lipinski definition) is 3. The molecule has 0 unspecified atom stereocenters. The summed E-state index contributed by atoms with van der Waals surface area (Å²) in [7, 11) is -3.76. The number of sulfonamides is 1. The molecule has 5 rings (SSSR count). The topological polar surface area (TPSA) is 115 Å². The fraction of sp³-hybridized carbons (Fsp3) is 0.500. The van der Waals surface area contributed by atoms with E-state index in [1.54, 1.807) is 11.6 Å². The van der Waals surface area contributed by atoms with Crippen LogP contribution < -0.4 is 5.32 Å². The van der Waals surface area contributed by atoms with Crippen LogP contribution in [-0.4, -0.2) is 52.4 Å². The van der Waals surface area contributed by atoms with Crippen molar-refractivity contribution in [2.24, 2.45) is 17.8 Å². The third kappa shape index (κ3) is 2.29. The summed E-state index contributed by atoms with van der Waals surface area (Å²) in [5.74, 6) is 0.385. The third-order valence-corrected chi connectivity index (χ3v) is 8.49. The van der Waals surface area contributed by atoms with Crippen LogP contribution >= 0.6 is 11.3 Å². The van der Waals surface area contributed by atoms with Gasteiger partial charge in [0, 0.05) is 24.3 Å². The Morgan fingerprint density at radius 1 is 1.38 bits per heavy atom. The van der Waals surface area contributed by atoms with Gasteiger partial charge >= 0.3 is 0 Å². The van der Waals surface area contributed by atoms with E-state index in [0.717, 1.165) is 12.8 Å². The molecule has 26 heavy (non-hydrogen) atoms. The first kappa shape index (κ1) is 16.4. The van der Waals surface area contributed by atoms with E-state index in [4.69, 9.17) is 0 Å². The number of anilines is 1. The molecule has 2 aliphatic carbocycles. The lowest BCUT2D eigenvalue weighted by atomic mass is 9.88. The Kier molecular flexibility index (Phi) is 3.55. The number of thiazole rings is 1. The highest BCUT2D eigenvalue weighted by atomic mass is 32.2. The highest BCUT2D eigenvalue weighted by molar-refractivity contribution is 7.89. The van der Waals surface area contributed by atoms with Crippen molar-refractivity contribution in [2.45, 2.75) is 29.9 Å². The van der Waals surface area contributed by atoms with Gasteiger partial charge in [-0.25, -0.2) is 13.4 Å². The molecule has 138 valence electrons. The number of fused-ring (bicyclic) bond motifs is 1. The summed E-state index contributed by atoms with van der Waals surface area (Å²) >= 11 is 1.28. The van der Waals surface area contributed by atoms with Crippen molar-refractivity contribution in [1.29, 1.82) is 0 Å². The van der Waals surface area contributed by atoms with Gasteiger partial charge in [-0.05, 0) is 36.7 Å². The largest absolute Gasteiger partial charge is 0.391 e. The summed E-state index contributed by atoms with van der Waals surface area (Å²) < 4.78 is 27.6. The fourth-order valence-corrected chi connectivity index (χ4v) is 7.13. The lowest BCUT2D eigenvalue weighted by Gasteiger charge is -2.28. The molecule has 3 aliphatic rings. The maximum Gasteiger partial charge on any atom is 0.273 e. The molecule has 8 nitrogen and oxygen atoms in total. The van der Waals surface area contributed by atoms with Crippen molar-refractivity contribution in [1.82, 2.24) is 14.3 Å². The second-order valence-electron chi connectivity index (χ2n) is 7.25. The Morgan fingerprint density at radius 2 is 2.23 bits per heavy atom. The average molecular weight is 394 g/mol. The van der Waals surface area contributed by atoms with E-state index in [9.17, 15) is 18.3 Å². The Balaban J connectivity index is 1.40. The standard InChI is InChI=1S/C16H18N4O4S2/c21-14-8-3-9-7-20(13(14)11(9)4-8)26(23,24)10-5-12(18-6-10)15(22)19-16-17-1-2-25-16/h1-2,5-6,8-9,11,13-14,18,21H,3-4,7H2,(H,17,19,22)/t8-,9-,11+,13-,14+/m0/s1. The monoisotopic (exact) mass is 394 g/mol. The van der Waals surface area contributed by atoms with Crippen molar-refractivity contribution in [3.8, 4) is 0 Å². The summed E-state index contributed by atoms with van der Waals surface area (Å²) in [4.78, 5) is 19.0. The van der Waals surface area contributed by atoms with E-state index in [2.05, 4.69) is 15.3 Å². The van der Waals surface area contributed by atoms with Crippen molar-refractivity contribution in [3.05, 3.63) is 29.5 Å². The number of aromatic nitrogens is 2. The lowest BCUT2D eigenvalue weighted by molar-refractivity contribution is 0.0731. The Labute approximate surface area is 154 Å².